The molecule has 0 fully saturated rings. The second-order valence-corrected chi connectivity index (χ2v) is 9.88. The predicted molar refractivity (Wildman–Crippen MR) is 128 cm³/mol. The van der Waals surface area contributed by atoms with Crippen molar-refractivity contribution in [3.8, 4) is 0 Å². The third-order valence-corrected chi connectivity index (χ3v) is 6.86. The lowest BCUT2D eigenvalue weighted by Crippen LogP contribution is -2.52. The predicted octanol–water partition coefficient (Wildman–Crippen LogP) is 3.21. The zero-order valence-electron chi connectivity index (χ0n) is 17.9. The van der Waals surface area contributed by atoms with Crippen LogP contribution in [0.1, 0.15) is 28.8 Å². The Bertz CT molecular complexity index is 1090. The average Bonchev–Trinajstić information content (AvgIpc) is 3.10. The van der Waals surface area contributed by atoms with E-state index in [1.54, 1.807) is 0 Å². The Morgan fingerprint density at radius 2 is 2.00 bits per heavy atom. The van der Waals surface area contributed by atoms with Gasteiger partial charge in [0.15, 0.2) is 0 Å². The van der Waals surface area contributed by atoms with Crippen LogP contribution in [0.3, 0.4) is 0 Å². The molecule has 1 heterocycles. The molecule has 0 radical (unpaired) electrons. The summed E-state index contributed by atoms with van der Waals surface area (Å²) < 4.78 is 30.0. The van der Waals surface area contributed by atoms with Crippen LogP contribution >= 0.6 is 22.6 Å². The molecule has 170 valence electrons. The summed E-state index contributed by atoms with van der Waals surface area (Å²) in [6.07, 6.45) is 3.79. The summed E-state index contributed by atoms with van der Waals surface area (Å²) in [4.78, 5) is 0. The van der Waals surface area contributed by atoms with E-state index in [1.807, 2.05) is 17.8 Å². The maximum atomic E-state index is 13.5. The molecule has 0 spiro atoms. The molecule has 0 saturated carbocycles. The molecule has 0 aliphatic heterocycles. The van der Waals surface area contributed by atoms with Gasteiger partial charge in [-0.15, -0.1) is 0 Å². The molecule has 1 unspecified atom stereocenters. The minimum absolute atomic E-state index is 0.181. The number of fused-ring (bicyclic) bond motifs is 1. The minimum Gasteiger partial charge on any atom is -0.390 e. The molecule has 32 heavy (non-hydrogen) atoms. The second kappa shape index (κ2) is 9.54. The van der Waals surface area contributed by atoms with E-state index < -0.39 is 23.8 Å². The van der Waals surface area contributed by atoms with Crippen molar-refractivity contribution in [2.24, 2.45) is 12.8 Å². The maximum absolute atomic E-state index is 13.5. The van der Waals surface area contributed by atoms with Crippen LogP contribution < -0.4 is 11.1 Å². The fraction of sp³-hybridized carbons (Fsp3) is 0.375. The van der Waals surface area contributed by atoms with Crippen LogP contribution in [0, 0.1) is 15.2 Å². The van der Waals surface area contributed by atoms with E-state index >= 15 is 0 Å². The number of hydrogen-bond acceptors (Lipinski definition) is 4. The molecule has 0 bridgehead atoms. The van der Waals surface area contributed by atoms with Crippen molar-refractivity contribution >= 4 is 22.6 Å². The number of nitrogens with two attached hydrogens (primary N) is 1. The van der Waals surface area contributed by atoms with E-state index in [-0.39, 0.29) is 18.5 Å². The first-order valence-corrected chi connectivity index (χ1v) is 11.7. The number of nitrogens with zero attached hydrogens (tertiary/aromatic N) is 2. The van der Waals surface area contributed by atoms with Crippen LogP contribution in [0.25, 0.3) is 0 Å². The SMILES string of the molecule is Cn1cc2c(n1)CCC(NC[C@@H](O)[C@@H](N)Cc1cc(F)cc(F)c1)(c1cccc(I)c1)C2. The van der Waals surface area contributed by atoms with Gasteiger partial charge in [-0.25, -0.2) is 8.78 Å². The first-order chi connectivity index (χ1) is 15.2. The van der Waals surface area contributed by atoms with E-state index in [9.17, 15) is 13.9 Å². The molecule has 4 rings (SSSR count). The molecule has 5 nitrogen and oxygen atoms in total. The summed E-state index contributed by atoms with van der Waals surface area (Å²) in [7, 11) is 1.93. The van der Waals surface area contributed by atoms with Crippen molar-refractivity contribution in [1.29, 1.82) is 0 Å². The van der Waals surface area contributed by atoms with Gasteiger partial charge < -0.3 is 16.2 Å². The number of rotatable bonds is 7. The van der Waals surface area contributed by atoms with E-state index in [0.29, 0.717) is 5.56 Å². The quantitative estimate of drug-likeness (QED) is 0.394. The zero-order chi connectivity index (χ0) is 22.9. The standard InChI is InChI=1S/C24H27F2IN4O/c1-31-14-16-12-24(6-5-22(16)30-31,17-3-2-4-20(27)10-17)29-13-23(32)21(28)9-15-7-18(25)11-19(26)8-15/h2-4,7-8,10-11,14,21,23,29,32H,5-6,9,12-13,28H2,1H3/t21-,23+,24?/m0/s1. The van der Waals surface area contributed by atoms with E-state index in [1.165, 1.54) is 17.7 Å². The van der Waals surface area contributed by atoms with Gasteiger partial charge >= 0.3 is 0 Å². The van der Waals surface area contributed by atoms with Crippen molar-refractivity contribution in [1.82, 2.24) is 15.1 Å². The number of hydrogen-bond donors (Lipinski definition) is 3. The lowest BCUT2D eigenvalue weighted by Gasteiger charge is -2.39. The van der Waals surface area contributed by atoms with E-state index in [0.717, 1.165) is 40.2 Å². The molecule has 3 aromatic rings. The van der Waals surface area contributed by atoms with Gasteiger partial charge in [0.25, 0.3) is 0 Å². The third-order valence-electron chi connectivity index (χ3n) is 6.19. The van der Waals surface area contributed by atoms with Crippen molar-refractivity contribution in [3.63, 3.8) is 0 Å². The normalized spacial score (nSPS) is 20.1. The molecule has 2 aromatic carbocycles. The van der Waals surface area contributed by atoms with E-state index in [2.05, 4.69) is 57.4 Å². The lowest BCUT2D eigenvalue weighted by atomic mass is 9.75. The smallest absolute Gasteiger partial charge is 0.126 e. The minimum atomic E-state index is -0.878. The summed E-state index contributed by atoms with van der Waals surface area (Å²) in [6, 6.07) is 11.0. The molecule has 1 aliphatic rings. The Hall–Kier alpha value is -1.88. The monoisotopic (exact) mass is 552 g/mol. The third kappa shape index (κ3) is 5.19. The summed E-state index contributed by atoms with van der Waals surface area (Å²) in [5.41, 5.74) is 9.74. The molecular weight excluding hydrogens is 525 g/mol. The van der Waals surface area contributed by atoms with Gasteiger partial charge in [-0.2, -0.15) is 5.10 Å². The number of aliphatic hydroxyl groups excluding tert-OH is 1. The highest BCUT2D eigenvalue weighted by atomic mass is 127. The van der Waals surface area contributed by atoms with Crippen molar-refractivity contribution in [3.05, 3.63) is 86.3 Å². The average molecular weight is 552 g/mol. The Morgan fingerprint density at radius 1 is 1.25 bits per heavy atom. The molecule has 4 N–H and O–H groups in total. The number of aliphatic hydroxyl groups is 1. The summed E-state index contributed by atoms with van der Waals surface area (Å²) in [6.45, 7) is 0.264. The lowest BCUT2D eigenvalue weighted by molar-refractivity contribution is 0.123. The second-order valence-electron chi connectivity index (χ2n) is 8.64. The van der Waals surface area contributed by atoms with Crippen molar-refractivity contribution in [2.45, 2.75) is 43.4 Å². The van der Waals surface area contributed by atoms with Crippen molar-refractivity contribution < 1.29 is 13.9 Å². The number of halogens is 3. The Kier molecular flexibility index (Phi) is 6.94. The van der Waals surface area contributed by atoms with Crippen LogP contribution in [0.2, 0.25) is 0 Å². The maximum Gasteiger partial charge on any atom is 0.126 e. The number of aromatic nitrogens is 2. The number of nitrogens with one attached hydrogen (secondary N) is 1. The van der Waals surface area contributed by atoms with Crippen molar-refractivity contribution in [2.75, 3.05) is 6.54 Å². The zero-order valence-corrected chi connectivity index (χ0v) is 20.0. The molecule has 8 heteroatoms. The number of aryl methyl sites for hydroxylation is 2. The summed E-state index contributed by atoms with van der Waals surface area (Å²) >= 11 is 2.31. The van der Waals surface area contributed by atoms with Crippen LogP contribution in [0.15, 0.2) is 48.7 Å². The van der Waals surface area contributed by atoms with Gasteiger partial charge in [-0.1, -0.05) is 12.1 Å². The highest BCUT2D eigenvalue weighted by Crippen LogP contribution is 2.36. The largest absolute Gasteiger partial charge is 0.390 e. The number of benzene rings is 2. The molecule has 1 aliphatic carbocycles. The highest BCUT2D eigenvalue weighted by Gasteiger charge is 2.38. The molecule has 1 aromatic heterocycles. The van der Waals surface area contributed by atoms with Gasteiger partial charge in [0.05, 0.1) is 11.8 Å². The van der Waals surface area contributed by atoms with Gasteiger partial charge in [0.1, 0.15) is 11.6 Å². The van der Waals surface area contributed by atoms with Gasteiger partial charge in [0.2, 0.25) is 0 Å². The fourth-order valence-electron chi connectivity index (χ4n) is 4.56. The Labute approximate surface area is 200 Å². The van der Waals surface area contributed by atoms with Crippen LogP contribution in [0.4, 0.5) is 8.78 Å². The first kappa shape index (κ1) is 23.3. The first-order valence-electron chi connectivity index (χ1n) is 10.7. The summed E-state index contributed by atoms with van der Waals surface area (Å²) in [5.74, 6) is -1.29. The van der Waals surface area contributed by atoms with Gasteiger partial charge in [0, 0.05) is 41.0 Å². The van der Waals surface area contributed by atoms with Crippen LogP contribution in [0.5, 0.6) is 0 Å². The molecular formula is C24H27F2IN4O. The topological polar surface area (TPSA) is 76.1 Å². The summed E-state index contributed by atoms with van der Waals surface area (Å²) in [5, 5.41) is 18.9. The Morgan fingerprint density at radius 3 is 2.72 bits per heavy atom. The highest BCUT2D eigenvalue weighted by molar-refractivity contribution is 14.1. The molecule has 0 amide bonds. The van der Waals surface area contributed by atoms with Gasteiger partial charge in [-0.05, 0) is 89.2 Å². The molecule has 3 atom stereocenters. The van der Waals surface area contributed by atoms with Crippen LogP contribution in [-0.2, 0) is 31.8 Å². The van der Waals surface area contributed by atoms with Crippen LogP contribution in [-0.4, -0.2) is 33.6 Å². The van der Waals surface area contributed by atoms with E-state index in [4.69, 9.17) is 5.73 Å². The molecule has 0 saturated heterocycles. The Balaban J connectivity index is 1.51. The fourth-order valence-corrected chi connectivity index (χ4v) is 5.10. The van der Waals surface area contributed by atoms with Gasteiger partial charge in [-0.3, -0.25) is 4.68 Å².